The van der Waals surface area contributed by atoms with Crippen molar-refractivity contribution >= 4 is 11.4 Å². The Kier molecular flexibility index (Phi) is 3.01. The second kappa shape index (κ2) is 4.29. The molecule has 0 radical (unpaired) electrons. The molecule has 0 spiro atoms. The lowest BCUT2D eigenvalue weighted by Crippen LogP contribution is -2.39. The predicted molar refractivity (Wildman–Crippen MR) is 62.7 cm³/mol. The van der Waals surface area contributed by atoms with E-state index in [9.17, 15) is 9.50 Å². The molecule has 1 aliphatic rings. The van der Waals surface area contributed by atoms with Crippen LogP contribution in [0, 0.1) is 5.82 Å². The molecular formula is C12H17FN2O. The zero-order valence-electron chi connectivity index (χ0n) is 9.17. The summed E-state index contributed by atoms with van der Waals surface area (Å²) in [5.41, 5.74) is 6.55. The molecule has 4 heteroatoms. The molecule has 0 amide bonds. The molecule has 0 aliphatic heterocycles. The number of hydrogen-bond donors (Lipinski definition) is 3. The molecule has 16 heavy (non-hydrogen) atoms. The van der Waals surface area contributed by atoms with Crippen LogP contribution in [0.2, 0.25) is 0 Å². The van der Waals surface area contributed by atoms with Gasteiger partial charge in [0.2, 0.25) is 0 Å². The first-order chi connectivity index (χ1) is 7.65. The summed E-state index contributed by atoms with van der Waals surface area (Å²) in [7, 11) is 0. The van der Waals surface area contributed by atoms with E-state index < -0.39 is 0 Å². The van der Waals surface area contributed by atoms with Gasteiger partial charge in [0.05, 0.1) is 23.5 Å². The number of hydrogen-bond acceptors (Lipinski definition) is 3. The van der Waals surface area contributed by atoms with Crippen molar-refractivity contribution in [1.29, 1.82) is 0 Å². The smallest absolute Gasteiger partial charge is 0.125 e. The number of halogens is 1. The highest BCUT2D eigenvalue weighted by Gasteiger charge is 2.33. The molecule has 0 saturated heterocycles. The highest BCUT2D eigenvalue weighted by molar-refractivity contribution is 5.67. The highest BCUT2D eigenvalue weighted by Crippen LogP contribution is 2.34. The maximum absolute atomic E-state index is 13.1. The number of benzene rings is 1. The lowest BCUT2D eigenvalue weighted by Gasteiger charge is -2.29. The van der Waals surface area contributed by atoms with Gasteiger partial charge in [-0.2, -0.15) is 0 Å². The summed E-state index contributed by atoms with van der Waals surface area (Å²) in [4.78, 5) is 0. The fourth-order valence-electron chi connectivity index (χ4n) is 2.30. The minimum Gasteiger partial charge on any atom is -0.397 e. The van der Waals surface area contributed by atoms with Crippen molar-refractivity contribution in [2.45, 2.75) is 31.2 Å². The minimum absolute atomic E-state index is 0.0585. The van der Waals surface area contributed by atoms with E-state index in [1.165, 1.54) is 18.2 Å². The van der Waals surface area contributed by atoms with Crippen molar-refractivity contribution in [3.05, 3.63) is 24.0 Å². The number of nitrogen functional groups attached to an aromatic ring is 1. The molecule has 0 bridgehead atoms. The van der Waals surface area contributed by atoms with Gasteiger partial charge in [-0.25, -0.2) is 4.39 Å². The summed E-state index contributed by atoms with van der Waals surface area (Å²) in [6, 6.07) is 4.25. The predicted octanol–water partition coefficient (Wildman–Crippen LogP) is 2.12. The summed E-state index contributed by atoms with van der Waals surface area (Å²) in [5.74, 6) is -0.317. The summed E-state index contributed by atoms with van der Waals surface area (Å²) in [5, 5.41) is 12.6. The molecule has 1 fully saturated rings. The van der Waals surface area contributed by atoms with Crippen LogP contribution < -0.4 is 11.1 Å². The molecule has 88 valence electrons. The second-order valence-corrected chi connectivity index (χ2v) is 4.50. The third-order valence-electron chi connectivity index (χ3n) is 3.28. The fourth-order valence-corrected chi connectivity index (χ4v) is 2.30. The van der Waals surface area contributed by atoms with Gasteiger partial charge in [0.25, 0.3) is 0 Å². The topological polar surface area (TPSA) is 58.3 Å². The lowest BCUT2D eigenvalue weighted by molar-refractivity contribution is 0.214. The van der Waals surface area contributed by atoms with Gasteiger partial charge < -0.3 is 16.2 Å². The number of rotatable bonds is 3. The molecular weight excluding hydrogens is 207 g/mol. The van der Waals surface area contributed by atoms with E-state index in [4.69, 9.17) is 5.73 Å². The van der Waals surface area contributed by atoms with Crippen molar-refractivity contribution in [3.63, 3.8) is 0 Å². The Morgan fingerprint density at radius 1 is 1.38 bits per heavy atom. The maximum atomic E-state index is 13.1. The molecule has 0 atom stereocenters. The first-order valence-electron chi connectivity index (χ1n) is 5.59. The van der Waals surface area contributed by atoms with Crippen LogP contribution in [0.4, 0.5) is 15.8 Å². The first-order valence-corrected chi connectivity index (χ1v) is 5.59. The average molecular weight is 224 g/mol. The third-order valence-corrected chi connectivity index (χ3v) is 3.28. The van der Waals surface area contributed by atoms with Crippen LogP contribution in [0.1, 0.15) is 25.7 Å². The van der Waals surface area contributed by atoms with E-state index in [0.29, 0.717) is 11.4 Å². The average Bonchev–Trinajstić information content (AvgIpc) is 2.73. The normalized spacial score (nSPS) is 18.6. The molecule has 1 aromatic carbocycles. The number of nitrogens with one attached hydrogen (secondary N) is 1. The first kappa shape index (κ1) is 11.2. The maximum Gasteiger partial charge on any atom is 0.125 e. The minimum atomic E-state index is -0.318. The number of nitrogens with two attached hydrogens (primary N) is 1. The molecule has 1 aromatic rings. The summed E-state index contributed by atoms with van der Waals surface area (Å²) in [6.07, 6.45) is 3.98. The Labute approximate surface area is 94.5 Å². The Bertz CT molecular complexity index is 375. The number of anilines is 2. The second-order valence-electron chi connectivity index (χ2n) is 4.50. The van der Waals surface area contributed by atoms with Crippen LogP contribution in [0.5, 0.6) is 0 Å². The van der Waals surface area contributed by atoms with Crippen molar-refractivity contribution in [2.75, 3.05) is 17.7 Å². The van der Waals surface area contributed by atoms with E-state index in [2.05, 4.69) is 5.32 Å². The zero-order chi connectivity index (χ0) is 11.6. The van der Waals surface area contributed by atoms with E-state index in [1.54, 1.807) is 0 Å². The van der Waals surface area contributed by atoms with Crippen LogP contribution >= 0.6 is 0 Å². The Morgan fingerprint density at radius 2 is 2.06 bits per heavy atom. The molecule has 0 heterocycles. The highest BCUT2D eigenvalue weighted by atomic mass is 19.1. The van der Waals surface area contributed by atoms with E-state index in [0.717, 1.165) is 25.7 Å². The van der Waals surface area contributed by atoms with E-state index in [1.807, 2.05) is 0 Å². The van der Waals surface area contributed by atoms with Gasteiger partial charge in [-0.15, -0.1) is 0 Å². The van der Waals surface area contributed by atoms with Gasteiger partial charge in [0.1, 0.15) is 5.82 Å². The van der Waals surface area contributed by atoms with Gasteiger partial charge >= 0.3 is 0 Å². The van der Waals surface area contributed by atoms with Crippen molar-refractivity contribution < 1.29 is 9.50 Å². The standard InChI is InChI=1S/C12H17FN2O/c13-9-3-4-10(14)11(7-9)15-12(8-16)5-1-2-6-12/h3-4,7,15-16H,1-2,5-6,8,14H2. The van der Waals surface area contributed by atoms with Crippen LogP contribution in [0.25, 0.3) is 0 Å². The number of aliphatic hydroxyl groups excluding tert-OH is 1. The Hall–Kier alpha value is -1.29. The number of aliphatic hydroxyl groups is 1. The summed E-state index contributed by atoms with van der Waals surface area (Å²) >= 11 is 0. The molecule has 1 aliphatic carbocycles. The Balaban J connectivity index is 2.21. The largest absolute Gasteiger partial charge is 0.397 e. The molecule has 4 N–H and O–H groups in total. The lowest BCUT2D eigenvalue weighted by atomic mass is 9.98. The van der Waals surface area contributed by atoms with Gasteiger partial charge in [-0.3, -0.25) is 0 Å². The molecule has 0 unspecified atom stereocenters. The van der Waals surface area contributed by atoms with Gasteiger partial charge in [-0.1, -0.05) is 12.8 Å². The van der Waals surface area contributed by atoms with Gasteiger partial charge in [0, 0.05) is 0 Å². The SMILES string of the molecule is Nc1ccc(F)cc1NC1(CO)CCCC1. The molecule has 3 nitrogen and oxygen atoms in total. The van der Waals surface area contributed by atoms with Crippen LogP contribution in [-0.2, 0) is 0 Å². The van der Waals surface area contributed by atoms with Crippen LogP contribution in [-0.4, -0.2) is 17.3 Å². The van der Waals surface area contributed by atoms with Gasteiger partial charge in [0.15, 0.2) is 0 Å². The van der Waals surface area contributed by atoms with E-state index in [-0.39, 0.29) is 18.0 Å². The molecule has 1 saturated carbocycles. The molecule has 0 aromatic heterocycles. The van der Waals surface area contributed by atoms with Crippen molar-refractivity contribution in [3.8, 4) is 0 Å². The van der Waals surface area contributed by atoms with Crippen LogP contribution in [0.15, 0.2) is 18.2 Å². The third kappa shape index (κ3) is 2.11. The Morgan fingerprint density at radius 3 is 2.69 bits per heavy atom. The summed E-state index contributed by atoms with van der Waals surface area (Å²) < 4.78 is 13.1. The van der Waals surface area contributed by atoms with Crippen LogP contribution in [0.3, 0.4) is 0 Å². The van der Waals surface area contributed by atoms with Crippen molar-refractivity contribution in [1.82, 2.24) is 0 Å². The molecule has 2 rings (SSSR count). The zero-order valence-corrected chi connectivity index (χ0v) is 9.17. The van der Waals surface area contributed by atoms with Gasteiger partial charge in [-0.05, 0) is 31.0 Å². The summed E-state index contributed by atoms with van der Waals surface area (Å²) in [6.45, 7) is 0.0585. The fraction of sp³-hybridized carbons (Fsp3) is 0.500. The monoisotopic (exact) mass is 224 g/mol. The van der Waals surface area contributed by atoms with E-state index >= 15 is 0 Å². The van der Waals surface area contributed by atoms with Crippen molar-refractivity contribution in [2.24, 2.45) is 0 Å². The quantitative estimate of drug-likeness (QED) is 0.689.